The van der Waals surface area contributed by atoms with Crippen LogP contribution in [0.2, 0.25) is 18.1 Å². The van der Waals surface area contributed by atoms with Crippen molar-refractivity contribution in [2.24, 2.45) is 0 Å². The van der Waals surface area contributed by atoms with Crippen molar-refractivity contribution >= 4 is 8.24 Å². The fraction of sp³-hybridized carbons (Fsp3) is 1.00. The van der Waals surface area contributed by atoms with Gasteiger partial charge >= 0.3 is 0 Å². The van der Waals surface area contributed by atoms with Crippen molar-refractivity contribution in [3.8, 4) is 0 Å². The maximum atomic E-state index is 2.49. The van der Waals surface area contributed by atoms with E-state index in [2.05, 4.69) is 39.4 Å². The molecule has 0 spiro atoms. The summed E-state index contributed by atoms with van der Waals surface area (Å²) in [5.74, 6) is 0. The maximum Gasteiger partial charge on any atom is 0.127 e. The Balaban J connectivity index is 0. The number of hydrogen-bond donors (Lipinski definition) is 0. The lowest BCUT2D eigenvalue weighted by molar-refractivity contribution is 0.602. The molecule has 0 aromatic rings. The second kappa shape index (κ2) is 5.74. The predicted molar refractivity (Wildman–Crippen MR) is 54.5 cm³/mol. The highest BCUT2D eigenvalue weighted by Crippen LogP contribution is 2.21. The SMILES string of the molecule is CC[Si](CC)(CC)N(C)C.O. The van der Waals surface area contributed by atoms with Gasteiger partial charge in [-0.25, -0.2) is 0 Å². The predicted octanol–water partition coefficient (Wildman–Crippen LogP) is 1.73. The zero-order chi connectivity index (χ0) is 8.20. The van der Waals surface area contributed by atoms with Crippen LogP contribution in [0, 0.1) is 0 Å². The van der Waals surface area contributed by atoms with Gasteiger partial charge in [0.05, 0.1) is 0 Å². The summed E-state index contributed by atoms with van der Waals surface area (Å²) < 4.78 is 2.49. The molecule has 0 unspecified atom stereocenters. The molecule has 0 amide bonds. The fourth-order valence-corrected chi connectivity index (χ4v) is 5.10. The van der Waals surface area contributed by atoms with Gasteiger partial charge in [0, 0.05) is 0 Å². The van der Waals surface area contributed by atoms with Crippen molar-refractivity contribution in [1.29, 1.82) is 0 Å². The second-order valence-electron chi connectivity index (χ2n) is 3.18. The molecule has 0 aromatic heterocycles. The van der Waals surface area contributed by atoms with Crippen molar-refractivity contribution in [1.82, 2.24) is 4.57 Å². The second-order valence-corrected chi connectivity index (χ2v) is 8.64. The first-order chi connectivity index (χ1) is 4.63. The summed E-state index contributed by atoms with van der Waals surface area (Å²) >= 11 is 0. The summed E-state index contributed by atoms with van der Waals surface area (Å²) in [6, 6.07) is 4.19. The largest absolute Gasteiger partial charge is 0.412 e. The van der Waals surface area contributed by atoms with Crippen LogP contribution in [0.1, 0.15) is 20.8 Å². The van der Waals surface area contributed by atoms with Crippen LogP contribution in [0.4, 0.5) is 0 Å². The highest BCUT2D eigenvalue weighted by molar-refractivity contribution is 6.76. The molecule has 70 valence electrons. The van der Waals surface area contributed by atoms with E-state index >= 15 is 0 Å². The van der Waals surface area contributed by atoms with Gasteiger partial charge in [-0.15, -0.1) is 0 Å². The van der Waals surface area contributed by atoms with Gasteiger partial charge in [-0.3, -0.25) is 0 Å². The smallest absolute Gasteiger partial charge is 0.127 e. The first kappa shape index (κ1) is 13.7. The summed E-state index contributed by atoms with van der Waals surface area (Å²) in [4.78, 5) is 0. The molecule has 0 atom stereocenters. The molecule has 11 heavy (non-hydrogen) atoms. The molecule has 0 fully saturated rings. The zero-order valence-electron chi connectivity index (χ0n) is 8.57. The van der Waals surface area contributed by atoms with E-state index in [1.54, 1.807) is 0 Å². The van der Waals surface area contributed by atoms with Gasteiger partial charge in [-0.2, -0.15) is 0 Å². The fourth-order valence-electron chi connectivity index (χ4n) is 1.70. The van der Waals surface area contributed by atoms with Crippen LogP contribution in [0.25, 0.3) is 0 Å². The molecule has 2 nitrogen and oxygen atoms in total. The van der Waals surface area contributed by atoms with Crippen molar-refractivity contribution < 1.29 is 5.48 Å². The molecule has 0 aliphatic carbocycles. The van der Waals surface area contributed by atoms with Crippen molar-refractivity contribution in [3.63, 3.8) is 0 Å². The molecule has 0 heterocycles. The van der Waals surface area contributed by atoms with Crippen LogP contribution < -0.4 is 0 Å². The molecule has 0 aliphatic rings. The van der Waals surface area contributed by atoms with Gasteiger partial charge in [-0.1, -0.05) is 20.8 Å². The van der Waals surface area contributed by atoms with E-state index in [0.717, 1.165) is 0 Å². The average molecular weight is 177 g/mol. The van der Waals surface area contributed by atoms with Crippen molar-refractivity contribution in [2.75, 3.05) is 14.1 Å². The Hall–Kier alpha value is 0.137. The van der Waals surface area contributed by atoms with Crippen LogP contribution in [-0.4, -0.2) is 32.4 Å². The number of rotatable bonds is 4. The Morgan fingerprint density at radius 1 is 0.909 bits per heavy atom. The van der Waals surface area contributed by atoms with Gasteiger partial charge in [0.1, 0.15) is 8.24 Å². The van der Waals surface area contributed by atoms with E-state index in [-0.39, 0.29) is 5.48 Å². The highest BCUT2D eigenvalue weighted by atomic mass is 28.3. The lowest BCUT2D eigenvalue weighted by Crippen LogP contribution is -2.47. The van der Waals surface area contributed by atoms with Crippen LogP contribution in [0.5, 0.6) is 0 Å². The van der Waals surface area contributed by atoms with Crippen molar-refractivity contribution in [2.45, 2.75) is 38.9 Å². The molecule has 0 aromatic carbocycles. The van der Waals surface area contributed by atoms with Crippen LogP contribution in [0.3, 0.4) is 0 Å². The third-order valence-corrected chi connectivity index (χ3v) is 8.77. The lowest BCUT2D eigenvalue weighted by atomic mass is 10.9. The van der Waals surface area contributed by atoms with E-state index in [9.17, 15) is 0 Å². The molecule has 3 heteroatoms. The maximum absolute atomic E-state index is 2.49. The number of hydrogen-bond acceptors (Lipinski definition) is 1. The molecule has 0 radical (unpaired) electrons. The summed E-state index contributed by atoms with van der Waals surface area (Å²) in [5.41, 5.74) is 0. The van der Waals surface area contributed by atoms with Gasteiger partial charge < -0.3 is 10.0 Å². The Bertz CT molecular complexity index is 83.8. The van der Waals surface area contributed by atoms with Crippen molar-refractivity contribution in [3.05, 3.63) is 0 Å². The molecule has 0 saturated carbocycles. The standard InChI is InChI=1S/C8H21NSi.H2O/c1-6-10(7-2,8-3)9(4)5;/h6-8H2,1-5H3;1H2. The molecule has 0 bridgehead atoms. The molecule has 0 rings (SSSR count). The molecule has 0 aliphatic heterocycles. The Morgan fingerprint density at radius 3 is 1.18 bits per heavy atom. The zero-order valence-corrected chi connectivity index (χ0v) is 9.57. The first-order valence-electron chi connectivity index (χ1n) is 4.30. The van der Waals surface area contributed by atoms with Crippen LogP contribution in [0.15, 0.2) is 0 Å². The minimum absolute atomic E-state index is 0. The Morgan fingerprint density at radius 2 is 1.18 bits per heavy atom. The monoisotopic (exact) mass is 177 g/mol. The summed E-state index contributed by atoms with van der Waals surface area (Å²) in [6.07, 6.45) is 0. The average Bonchev–Trinajstić information content (AvgIpc) is 1.92. The molecular weight excluding hydrogens is 154 g/mol. The van der Waals surface area contributed by atoms with Crippen LogP contribution >= 0.6 is 0 Å². The van der Waals surface area contributed by atoms with E-state index in [0.29, 0.717) is 0 Å². The summed E-state index contributed by atoms with van der Waals surface area (Å²) in [6.45, 7) is 7.00. The highest BCUT2D eigenvalue weighted by Gasteiger charge is 2.28. The number of nitrogens with zero attached hydrogens (tertiary/aromatic N) is 1. The molecule has 0 saturated heterocycles. The van der Waals surface area contributed by atoms with E-state index in [1.165, 1.54) is 18.1 Å². The topological polar surface area (TPSA) is 34.7 Å². The van der Waals surface area contributed by atoms with Gasteiger partial charge in [0.2, 0.25) is 0 Å². The Labute approximate surface area is 72.0 Å². The van der Waals surface area contributed by atoms with Gasteiger partial charge in [0.25, 0.3) is 0 Å². The summed E-state index contributed by atoms with van der Waals surface area (Å²) in [7, 11) is 3.52. The molecule has 2 N–H and O–H groups in total. The third kappa shape index (κ3) is 2.93. The minimum Gasteiger partial charge on any atom is -0.412 e. The Kier molecular flexibility index (Phi) is 7.16. The quantitative estimate of drug-likeness (QED) is 0.602. The van der Waals surface area contributed by atoms with Gasteiger partial charge in [-0.05, 0) is 32.2 Å². The molecular formula is C8H23NOSi. The van der Waals surface area contributed by atoms with Gasteiger partial charge in [0.15, 0.2) is 0 Å². The van der Waals surface area contributed by atoms with E-state index < -0.39 is 8.24 Å². The first-order valence-corrected chi connectivity index (χ1v) is 6.87. The normalized spacial score (nSPS) is 11.5. The lowest BCUT2D eigenvalue weighted by Gasteiger charge is -2.35. The van der Waals surface area contributed by atoms with Crippen LogP contribution in [-0.2, 0) is 0 Å². The third-order valence-electron chi connectivity index (χ3n) is 2.92. The summed E-state index contributed by atoms with van der Waals surface area (Å²) in [5, 5.41) is 0. The minimum atomic E-state index is -0.961. The van der Waals surface area contributed by atoms with E-state index in [4.69, 9.17) is 0 Å². The van der Waals surface area contributed by atoms with E-state index in [1.807, 2.05) is 0 Å².